The number of thioether (sulfide) groups is 1. The molecule has 1 spiro atoms. The number of hydrogen-bond acceptors (Lipinski definition) is 6. The fourth-order valence-electron chi connectivity index (χ4n) is 5.08. The number of carbonyl (C=O) groups excluding carboxylic acids is 2. The van der Waals surface area contributed by atoms with Gasteiger partial charge in [-0.2, -0.15) is 0 Å². The maximum absolute atomic E-state index is 13.6. The number of nitrogens with one attached hydrogen (secondary N) is 2. The summed E-state index contributed by atoms with van der Waals surface area (Å²) in [5.41, 5.74) is 1.07. The molecule has 3 heterocycles. The first-order valence-electron chi connectivity index (χ1n) is 9.98. The molecule has 3 atom stereocenters. The van der Waals surface area contributed by atoms with E-state index in [0.29, 0.717) is 34.5 Å². The second-order valence-corrected chi connectivity index (χ2v) is 9.26. The van der Waals surface area contributed by atoms with Crippen molar-refractivity contribution < 1.29 is 19.1 Å². The number of fused-ring (bicyclic) bond motifs is 4. The zero-order chi connectivity index (χ0) is 21.8. The molecule has 3 aliphatic rings. The number of methoxy groups -OCH3 is 2. The Morgan fingerprint density at radius 1 is 1.26 bits per heavy atom. The summed E-state index contributed by atoms with van der Waals surface area (Å²) in [6, 6.07) is 11.1. The molecule has 162 valence electrons. The van der Waals surface area contributed by atoms with Crippen molar-refractivity contribution in [2.24, 2.45) is 5.92 Å². The van der Waals surface area contributed by atoms with Crippen LogP contribution in [0.25, 0.3) is 0 Å². The monoisotopic (exact) mass is 459 g/mol. The van der Waals surface area contributed by atoms with E-state index in [4.69, 9.17) is 21.1 Å². The summed E-state index contributed by atoms with van der Waals surface area (Å²) in [6.07, 6.45) is 0.604. The quantitative estimate of drug-likeness (QED) is 0.728. The molecule has 0 saturated carbocycles. The molecule has 9 heteroatoms. The van der Waals surface area contributed by atoms with Gasteiger partial charge >= 0.3 is 0 Å². The van der Waals surface area contributed by atoms with E-state index < -0.39 is 11.5 Å². The second-order valence-electron chi connectivity index (χ2n) is 7.85. The highest BCUT2D eigenvalue weighted by Gasteiger charge is 2.65. The van der Waals surface area contributed by atoms with E-state index in [9.17, 15) is 9.59 Å². The SMILES string of the molecule is COc1cc(OC)c(NC(=O)[C@@H]2C[C@@H]3CSCN3[C@]23C(=O)Nc2ccccc23)cc1Cl. The van der Waals surface area contributed by atoms with Gasteiger partial charge in [-0.3, -0.25) is 14.5 Å². The van der Waals surface area contributed by atoms with E-state index >= 15 is 0 Å². The number of ether oxygens (including phenoxy) is 2. The van der Waals surface area contributed by atoms with Crippen LogP contribution >= 0.6 is 23.4 Å². The van der Waals surface area contributed by atoms with Crippen LogP contribution in [0.15, 0.2) is 36.4 Å². The Kier molecular flexibility index (Phi) is 5.03. The van der Waals surface area contributed by atoms with Crippen LogP contribution in [0.2, 0.25) is 5.02 Å². The predicted octanol–water partition coefficient (Wildman–Crippen LogP) is 3.54. The number of carbonyl (C=O) groups is 2. The van der Waals surface area contributed by atoms with Gasteiger partial charge in [0.1, 0.15) is 17.0 Å². The summed E-state index contributed by atoms with van der Waals surface area (Å²) in [7, 11) is 3.03. The predicted molar refractivity (Wildman–Crippen MR) is 121 cm³/mol. The zero-order valence-electron chi connectivity index (χ0n) is 17.1. The summed E-state index contributed by atoms with van der Waals surface area (Å²) >= 11 is 8.08. The number of amides is 2. The van der Waals surface area contributed by atoms with Gasteiger partial charge in [-0.05, 0) is 18.6 Å². The van der Waals surface area contributed by atoms with Crippen LogP contribution in [-0.2, 0) is 15.1 Å². The molecule has 0 radical (unpaired) electrons. The summed E-state index contributed by atoms with van der Waals surface area (Å²) in [6.45, 7) is 0. The fraction of sp³-hybridized carbons (Fsp3) is 0.364. The Balaban J connectivity index is 1.55. The molecule has 2 amide bonds. The van der Waals surface area contributed by atoms with Gasteiger partial charge in [-0.15, -0.1) is 11.8 Å². The standard InChI is InChI=1S/C22H22ClN3O4S/c1-29-18-9-19(30-2)17(8-15(18)23)24-20(27)14-7-12-10-31-11-26(12)22(14)13-5-3-4-6-16(13)25-21(22)28/h3-6,8-9,12,14H,7,10-11H2,1-2H3,(H,24,27)(H,25,28)/t12-,14+,22+/m1/s1. The van der Waals surface area contributed by atoms with Crippen LogP contribution in [0, 0.1) is 5.92 Å². The van der Waals surface area contributed by atoms with Crippen LogP contribution in [0.1, 0.15) is 12.0 Å². The molecule has 0 unspecified atom stereocenters. The van der Waals surface area contributed by atoms with Crippen molar-refractivity contribution in [2.75, 3.05) is 36.5 Å². The molecule has 2 fully saturated rings. The minimum atomic E-state index is -1.02. The Hall–Kier alpha value is -2.42. The molecule has 2 N–H and O–H groups in total. The van der Waals surface area contributed by atoms with Gasteiger partial charge in [0.25, 0.3) is 0 Å². The van der Waals surface area contributed by atoms with Gasteiger partial charge in [0.05, 0.1) is 30.8 Å². The lowest BCUT2D eigenvalue weighted by molar-refractivity contribution is -0.134. The normalized spacial score (nSPS) is 26.5. The van der Waals surface area contributed by atoms with E-state index in [-0.39, 0.29) is 17.9 Å². The fourth-order valence-corrected chi connectivity index (χ4v) is 6.63. The minimum absolute atomic E-state index is 0.140. The molecule has 2 aromatic carbocycles. The number of benzene rings is 2. The Bertz CT molecular complexity index is 1080. The maximum atomic E-state index is 13.6. The van der Waals surface area contributed by atoms with Crippen LogP contribution in [0.5, 0.6) is 11.5 Å². The van der Waals surface area contributed by atoms with Crippen molar-refractivity contribution in [1.29, 1.82) is 0 Å². The smallest absolute Gasteiger partial charge is 0.250 e. The largest absolute Gasteiger partial charge is 0.495 e. The third-order valence-electron chi connectivity index (χ3n) is 6.43. The van der Waals surface area contributed by atoms with Crippen LogP contribution in [0.4, 0.5) is 11.4 Å². The number of halogens is 1. The number of hydrogen-bond donors (Lipinski definition) is 2. The molecular weight excluding hydrogens is 438 g/mol. The second kappa shape index (κ2) is 7.62. The Morgan fingerprint density at radius 2 is 2.03 bits per heavy atom. The molecule has 0 aromatic heterocycles. The van der Waals surface area contributed by atoms with Crippen molar-refractivity contribution in [3.05, 3.63) is 47.0 Å². The topological polar surface area (TPSA) is 79.9 Å². The average Bonchev–Trinajstić information content (AvgIpc) is 3.42. The van der Waals surface area contributed by atoms with Crippen LogP contribution in [-0.4, -0.2) is 48.6 Å². The van der Waals surface area contributed by atoms with E-state index in [1.807, 2.05) is 24.3 Å². The van der Waals surface area contributed by atoms with Crippen LogP contribution < -0.4 is 20.1 Å². The summed E-state index contributed by atoms with van der Waals surface area (Å²) in [5.74, 6) is 1.59. The Labute approximate surface area is 189 Å². The first-order chi connectivity index (χ1) is 15.0. The molecule has 31 heavy (non-hydrogen) atoms. The highest BCUT2D eigenvalue weighted by atomic mass is 35.5. The molecular formula is C22H22ClN3O4S. The highest BCUT2D eigenvalue weighted by molar-refractivity contribution is 7.99. The van der Waals surface area contributed by atoms with Crippen molar-refractivity contribution in [2.45, 2.75) is 18.0 Å². The lowest BCUT2D eigenvalue weighted by atomic mass is 9.79. The first kappa shape index (κ1) is 20.5. The van der Waals surface area contributed by atoms with Crippen LogP contribution in [0.3, 0.4) is 0 Å². The number of rotatable bonds is 4. The van der Waals surface area contributed by atoms with Gasteiger partial charge in [0, 0.05) is 35.0 Å². The molecule has 0 bridgehead atoms. The van der Waals surface area contributed by atoms with Crippen molar-refractivity contribution in [3.63, 3.8) is 0 Å². The van der Waals surface area contributed by atoms with Gasteiger partial charge in [0.15, 0.2) is 0 Å². The number of anilines is 2. The van der Waals surface area contributed by atoms with E-state index in [2.05, 4.69) is 15.5 Å². The maximum Gasteiger partial charge on any atom is 0.250 e. The molecule has 3 aliphatic heterocycles. The summed E-state index contributed by atoms with van der Waals surface area (Å²) < 4.78 is 10.7. The molecule has 2 saturated heterocycles. The molecule has 7 nitrogen and oxygen atoms in total. The highest BCUT2D eigenvalue weighted by Crippen LogP contribution is 2.55. The van der Waals surface area contributed by atoms with E-state index in [1.54, 1.807) is 23.9 Å². The third-order valence-corrected chi connectivity index (χ3v) is 7.80. The lowest BCUT2D eigenvalue weighted by Crippen LogP contribution is -2.53. The Morgan fingerprint density at radius 3 is 2.81 bits per heavy atom. The van der Waals surface area contributed by atoms with Crippen molar-refractivity contribution >= 4 is 46.6 Å². The van der Waals surface area contributed by atoms with Crippen molar-refractivity contribution in [1.82, 2.24) is 4.90 Å². The molecule has 5 rings (SSSR count). The van der Waals surface area contributed by atoms with Gasteiger partial charge < -0.3 is 20.1 Å². The number of para-hydroxylation sites is 1. The van der Waals surface area contributed by atoms with Gasteiger partial charge in [-0.1, -0.05) is 29.8 Å². The van der Waals surface area contributed by atoms with Gasteiger partial charge in [0.2, 0.25) is 11.8 Å². The minimum Gasteiger partial charge on any atom is -0.495 e. The van der Waals surface area contributed by atoms with E-state index in [1.165, 1.54) is 14.2 Å². The third kappa shape index (κ3) is 2.92. The number of nitrogens with zero attached hydrogens (tertiary/aromatic N) is 1. The lowest BCUT2D eigenvalue weighted by Gasteiger charge is -2.36. The first-order valence-corrected chi connectivity index (χ1v) is 11.5. The van der Waals surface area contributed by atoms with Crippen molar-refractivity contribution in [3.8, 4) is 11.5 Å². The van der Waals surface area contributed by atoms with Gasteiger partial charge in [-0.25, -0.2) is 0 Å². The zero-order valence-corrected chi connectivity index (χ0v) is 18.7. The summed E-state index contributed by atoms with van der Waals surface area (Å²) in [4.78, 5) is 29.3. The van der Waals surface area contributed by atoms with E-state index in [0.717, 1.165) is 17.0 Å². The average molecular weight is 460 g/mol. The molecule has 0 aliphatic carbocycles. The molecule has 2 aromatic rings. The summed E-state index contributed by atoms with van der Waals surface area (Å²) in [5, 5.41) is 6.34.